The Balaban J connectivity index is 1.60. The van der Waals surface area contributed by atoms with Crippen molar-refractivity contribution in [2.75, 3.05) is 20.3 Å². The van der Waals surface area contributed by atoms with E-state index >= 15 is 0 Å². The Hall–Kier alpha value is -4.13. The highest BCUT2D eigenvalue weighted by molar-refractivity contribution is 5.99. The predicted molar refractivity (Wildman–Crippen MR) is 123 cm³/mol. The molecule has 0 radical (unpaired) electrons. The summed E-state index contributed by atoms with van der Waals surface area (Å²) in [6, 6.07) is 18.2. The zero-order valence-electron chi connectivity index (χ0n) is 17.9. The van der Waals surface area contributed by atoms with Crippen LogP contribution in [0.15, 0.2) is 66.9 Å². The molecule has 0 fully saturated rings. The minimum atomic E-state index is -0.289. The van der Waals surface area contributed by atoms with Crippen molar-refractivity contribution in [2.45, 2.75) is 6.54 Å². The van der Waals surface area contributed by atoms with Crippen LogP contribution in [0.4, 0.5) is 4.39 Å². The van der Waals surface area contributed by atoms with Crippen molar-refractivity contribution in [1.29, 1.82) is 0 Å². The number of ether oxygens (including phenoxy) is 3. The van der Waals surface area contributed by atoms with Crippen LogP contribution in [-0.4, -0.2) is 35.1 Å². The molecule has 0 N–H and O–H groups in total. The molecule has 0 aromatic heterocycles. The average molecular weight is 441 g/mol. The Morgan fingerprint density at radius 1 is 0.939 bits per heavy atom. The van der Waals surface area contributed by atoms with Gasteiger partial charge >= 0.3 is 0 Å². The first kappa shape index (κ1) is 19.5. The molecule has 0 bridgehead atoms. The highest BCUT2D eigenvalue weighted by Gasteiger charge is 2.23. The zero-order valence-corrected chi connectivity index (χ0v) is 17.9. The van der Waals surface area contributed by atoms with E-state index in [-0.39, 0.29) is 5.82 Å². The van der Waals surface area contributed by atoms with Gasteiger partial charge in [0.05, 0.1) is 19.2 Å². The molecule has 7 heteroatoms. The van der Waals surface area contributed by atoms with Gasteiger partial charge in [0.25, 0.3) is 0 Å². The van der Waals surface area contributed by atoms with Crippen molar-refractivity contribution >= 4 is 10.9 Å². The van der Waals surface area contributed by atoms with Crippen LogP contribution in [-0.2, 0) is 6.54 Å². The lowest BCUT2D eigenvalue weighted by Crippen LogP contribution is -2.16. The summed E-state index contributed by atoms with van der Waals surface area (Å²) in [5, 5.41) is 9.86. The first-order valence-electron chi connectivity index (χ1n) is 10.7. The first-order chi connectivity index (χ1) is 16.2. The van der Waals surface area contributed by atoms with Gasteiger partial charge in [-0.1, -0.05) is 18.2 Å². The second kappa shape index (κ2) is 7.78. The predicted octanol–water partition coefficient (Wildman–Crippen LogP) is 5.17. The number of pyridine rings is 1. The van der Waals surface area contributed by atoms with Crippen molar-refractivity contribution in [3.63, 3.8) is 0 Å². The first-order valence-corrected chi connectivity index (χ1v) is 10.7. The fourth-order valence-electron chi connectivity index (χ4n) is 4.34. The summed E-state index contributed by atoms with van der Waals surface area (Å²) in [5.41, 5.74) is 5.13. The van der Waals surface area contributed by atoms with E-state index in [1.807, 2.05) is 42.6 Å². The molecule has 0 spiro atoms. The second-order valence-corrected chi connectivity index (χ2v) is 7.90. The third-order valence-corrected chi connectivity index (χ3v) is 5.92. The van der Waals surface area contributed by atoms with Gasteiger partial charge in [-0.25, -0.2) is 4.39 Å². The topological polar surface area (TPSA) is 58.4 Å². The number of benzene rings is 3. The summed E-state index contributed by atoms with van der Waals surface area (Å²) in [7, 11) is 1.67. The number of rotatable bonds is 4. The molecule has 6 nitrogen and oxygen atoms in total. The third-order valence-electron chi connectivity index (χ3n) is 5.92. The largest absolute Gasteiger partial charge is 0.496 e. The minimum absolute atomic E-state index is 0.289. The van der Waals surface area contributed by atoms with Gasteiger partial charge < -0.3 is 18.8 Å². The minimum Gasteiger partial charge on any atom is -0.496 e. The van der Waals surface area contributed by atoms with Crippen LogP contribution in [0.5, 0.6) is 17.2 Å². The maximum atomic E-state index is 13.5. The van der Waals surface area contributed by atoms with Crippen molar-refractivity contribution in [1.82, 2.24) is 14.8 Å². The number of para-hydroxylation sites is 1. The Morgan fingerprint density at radius 2 is 1.67 bits per heavy atom. The number of hydrogen-bond donors (Lipinski definition) is 0. The summed E-state index contributed by atoms with van der Waals surface area (Å²) in [6.45, 7) is 1.59. The number of nitrogens with zero attached hydrogens (tertiary/aromatic N) is 3. The number of hydrogen-bond acceptors (Lipinski definition) is 5. The standard InChI is InChI=1S/C26H20FN3O3/c1-31-22-5-3-2-4-17(22)14-30-15-20-25(16-6-8-18(27)9-7-16)28-29-26(20)19-12-23-24(13-21(19)30)33-11-10-32-23/h2-9,12-13,15H,10-11,14H2,1H3. The number of fused-ring (bicyclic) bond motifs is 4. The van der Waals surface area contributed by atoms with Crippen molar-refractivity contribution < 1.29 is 18.6 Å². The van der Waals surface area contributed by atoms with E-state index in [4.69, 9.17) is 14.2 Å². The van der Waals surface area contributed by atoms with Crippen molar-refractivity contribution in [2.24, 2.45) is 0 Å². The Morgan fingerprint density at radius 3 is 2.45 bits per heavy atom. The molecule has 3 aromatic rings. The summed E-state index contributed by atoms with van der Waals surface area (Å²) >= 11 is 0. The molecule has 164 valence electrons. The molecule has 0 aliphatic carbocycles. The van der Waals surface area contributed by atoms with Gasteiger partial charge in [-0.2, -0.15) is 0 Å². The third kappa shape index (κ3) is 3.33. The van der Waals surface area contributed by atoms with E-state index in [1.165, 1.54) is 12.1 Å². The molecule has 0 amide bonds. The second-order valence-electron chi connectivity index (χ2n) is 7.90. The highest BCUT2D eigenvalue weighted by atomic mass is 19.1. The summed E-state index contributed by atoms with van der Waals surface area (Å²) in [6.07, 6.45) is 2.04. The van der Waals surface area contributed by atoms with Crippen molar-refractivity contribution in [3.8, 4) is 39.8 Å². The van der Waals surface area contributed by atoms with E-state index in [0.29, 0.717) is 37.0 Å². The molecule has 3 aromatic carbocycles. The molecule has 0 saturated carbocycles. The average Bonchev–Trinajstić information content (AvgIpc) is 3.28. The number of aromatic nitrogens is 3. The van der Waals surface area contributed by atoms with Crippen molar-refractivity contribution in [3.05, 3.63) is 78.2 Å². The molecule has 3 aliphatic heterocycles. The smallest absolute Gasteiger partial charge is 0.163 e. The molecule has 0 atom stereocenters. The molecule has 0 unspecified atom stereocenters. The maximum Gasteiger partial charge on any atom is 0.163 e. The molecule has 6 rings (SSSR count). The molecule has 33 heavy (non-hydrogen) atoms. The quantitative estimate of drug-likeness (QED) is 0.385. The lowest BCUT2D eigenvalue weighted by atomic mass is 10.0. The normalized spacial score (nSPS) is 12.9. The Kier molecular flexibility index (Phi) is 4.61. The zero-order chi connectivity index (χ0) is 22.4. The summed E-state index contributed by atoms with van der Waals surface area (Å²) in [5.74, 6) is 1.92. The van der Waals surface area contributed by atoms with E-state index in [1.54, 1.807) is 19.2 Å². The van der Waals surface area contributed by atoms with Crippen LogP contribution in [0.2, 0.25) is 0 Å². The van der Waals surface area contributed by atoms with Crippen LogP contribution in [0.1, 0.15) is 5.56 Å². The molecule has 3 heterocycles. The summed E-state index contributed by atoms with van der Waals surface area (Å²) in [4.78, 5) is 0. The van der Waals surface area contributed by atoms with Gasteiger partial charge in [-0.3, -0.25) is 0 Å². The molecule has 0 saturated heterocycles. The lowest BCUT2D eigenvalue weighted by molar-refractivity contribution is 0.172. The van der Waals surface area contributed by atoms with E-state index in [2.05, 4.69) is 14.8 Å². The van der Waals surface area contributed by atoms with Gasteiger partial charge in [-0.15, -0.1) is 10.2 Å². The van der Waals surface area contributed by atoms with Crippen LogP contribution in [0.3, 0.4) is 0 Å². The molecular weight excluding hydrogens is 421 g/mol. The summed E-state index contributed by atoms with van der Waals surface area (Å²) < 4.78 is 32.9. The highest BCUT2D eigenvalue weighted by Crippen LogP contribution is 2.42. The fraction of sp³-hybridized carbons (Fsp3) is 0.154. The van der Waals surface area contributed by atoms with Gasteiger partial charge in [0, 0.05) is 34.3 Å². The maximum absolute atomic E-state index is 13.5. The van der Waals surface area contributed by atoms with Gasteiger partial charge in [0.2, 0.25) is 0 Å². The van der Waals surface area contributed by atoms with Gasteiger partial charge in [-0.05, 0) is 36.4 Å². The van der Waals surface area contributed by atoms with E-state index in [9.17, 15) is 4.39 Å². The molecule has 3 aliphatic rings. The van der Waals surface area contributed by atoms with E-state index < -0.39 is 0 Å². The van der Waals surface area contributed by atoms with Gasteiger partial charge in [0.1, 0.15) is 36.2 Å². The Bertz CT molecular complexity index is 1450. The lowest BCUT2D eigenvalue weighted by Gasteiger charge is -2.22. The molecular formula is C26H20FN3O3. The monoisotopic (exact) mass is 441 g/mol. The van der Waals surface area contributed by atoms with Crippen LogP contribution in [0.25, 0.3) is 33.4 Å². The number of halogens is 1. The SMILES string of the molecule is COc1ccccc1Cn1cc2c(-c3ccc(F)cc3)nnc-2c2cc3c(cc21)OCCO3. The fourth-order valence-corrected chi connectivity index (χ4v) is 4.34. The van der Waals surface area contributed by atoms with Gasteiger partial charge in [0.15, 0.2) is 11.5 Å². The Labute approximate surface area is 189 Å². The number of methoxy groups -OCH3 is 1. The van der Waals surface area contributed by atoms with Crippen LogP contribution >= 0.6 is 0 Å². The van der Waals surface area contributed by atoms with Crippen LogP contribution in [0, 0.1) is 5.82 Å². The van der Waals surface area contributed by atoms with E-state index in [0.717, 1.165) is 39.0 Å². The van der Waals surface area contributed by atoms with Crippen LogP contribution < -0.4 is 14.2 Å².